The van der Waals surface area contributed by atoms with E-state index in [1.54, 1.807) is 18.3 Å². The molecule has 9 heteroatoms. The fourth-order valence-electron chi connectivity index (χ4n) is 2.87. The maximum Gasteiger partial charge on any atom is 0.307 e. The van der Waals surface area contributed by atoms with Crippen LogP contribution in [0.15, 0.2) is 79.1 Å². The van der Waals surface area contributed by atoms with Crippen LogP contribution in [0.1, 0.15) is 21.7 Å². The second kappa shape index (κ2) is 10.7. The Labute approximate surface area is 228 Å². The zero-order chi connectivity index (χ0) is 22.7. The number of ether oxygens (including phenoxy) is 1. The molecule has 32 heavy (non-hydrogen) atoms. The van der Waals surface area contributed by atoms with Crippen LogP contribution in [0.4, 0.5) is 0 Å². The van der Waals surface area contributed by atoms with Gasteiger partial charge in [-0.25, -0.2) is 5.43 Å². The van der Waals surface area contributed by atoms with Crippen molar-refractivity contribution in [2.45, 2.75) is 6.61 Å². The van der Waals surface area contributed by atoms with Crippen molar-refractivity contribution in [1.82, 2.24) is 5.43 Å². The summed E-state index contributed by atoms with van der Waals surface area (Å²) in [4.78, 5) is 12.4. The number of nitrogens with zero attached hydrogens (tertiary/aromatic N) is 1. The molecule has 1 amide bonds. The highest BCUT2D eigenvalue weighted by atomic mass is 127. The lowest BCUT2D eigenvalue weighted by molar-refractivity contribution is 0.0929. The van der Waals surface area contributed by atoms with Gasteiger partial charge in [-0.1, -0.05) is 28.1 Å². The SMILES string of the molecule is O=C(N/N=C/c1cc(Br)c(OCc2ccc(I)cc2)c(I)c1)c1cc2cc(Br)ccc2o1. The number of fused-ring (bicyclic) bond motifs is 1. The van der Waals surface area contributed by atoms with Gasteiger partial charge in [-0.3, -0.25) is 4.79 Å². The molecule has 0 saturated carbocycles. The highest BCUT2D eigenvalue weighted by molar-refractivity contribution is 14.1. The van der Waals surface area contributed by atoms with Crippen molar-refractivity contribution in [1.29, 1.82) is 0 Å². The Morgan fingerprint density at radius 3 is 2.59 bits per heavy atom. The average molecular weight is 780 g/mol. The van der Waals surface area contributed by atoms with Crippen LogP contribution < -0.4 is 10.2 Å². The summed E-state index contributed by atoms with van der Waals surface area (Å²) < 4.78 is 15.4. The number of nitrogens with one attached hydrogen (secondary N) is 1. The number of benzene rings is 3. The maximum absolute atomic E-state index is 12.4. The van der Waals surface area contributed by atoms with Gasteiger partial charge in [0.15, 0.2) is 5.76 Å². The second-order valence-electron chi connectivity index (χ2n) is 6.72. The van der Waals surface area contributed by atoms with Gasteiger partial charge in [-0.2, -0.15) is 5.10 Å². The molecular formula is C23H14Br2I2N2O3. The van der Waals surface area contributed by atoms with E-state index in [2.05, 4.69) is 99.7 Å². The third-order valence-corrected chi connectivity index (χ3v) is 7.00. The number of halogens is 4. The van der Waals surface area contributed by atoms with E-state index in [1.807, 2.05) is 36.4 Å². The second-order valence-corrected chi connectivity index (χ2v) is 10.9. The molecule has 0 spiro atoms. The van der Waals surface area contributed by atoms with Crippen LogP contribution in [-0.2, 0) is 6.61 Å². The molecule has 0 unspecified atom stereocenters. The lowest BCUT2D eigenvalue weighted by Gasteiger charge is -2.11. The van der Waals surface area contributed by atoms with Gasteiger partial charge in [0.2, 0.25) is 0 Å². The molecule has 4 rings (SSSR count). The Bertz CT molecular complexity index is 1300. The fourth-order valence-corrected chi connectivity index (χ4v) is 5.38. The Hall–Kier alpha value is -1.44. The molecule has 3 aromatic carbocycles. The van der Waals surface area contributed by atoms with E-state index in [9.17, 15) is 4.79 Å². The minimum Gasteiger partial charge on any atom is -0.487 e. The highest BCUT2D eigenvalue weighted by Gasteiger charge is 2.12. The van der Waals surface area contributed by atoms with Crippen molar-refractivity contribution in [3.05, 3.63) is 93.6 Å². The van der Waals surface area contributed by atoms with Gasteiger partial charge in [-0.05, 0) is 121 Å². The minimum atomic E-state index is -0.417. The molecule has 0 aliphatic carbocycles. The van der Waals surface area contributed by atoms with E-state index < -0.39 is 5.91 Å². The van der Waals surface area contributed by atoms with E-state index >= 15 is 0 Å². The van der Waals surface area contributed by atoms with Crippen molar-refractivity contribution in [2.75, 3.05) is 0 Å². The summed E-state index contributed by atoms with van der Waals surface area (Å²) in [7, 11) is 0. The molecule has 5 nitrogen and oxygen atoms in total. The number of carbonyl (C=O) groups excluding carboxylic acids is 1. The Morgan fingerprint density at radius 2 is 1.84 bits per heavy atom. The first-order chi connectivity index (χ1) is 15.4. The van der Waals surface area contributed by atoms with Crippen LogP contribution in [0.2, 0.25) is 0 Å². The van der Waals surface area contributed by atoms with Gasteiger partial charge in [0.05, 0.1) is 14.3 Å². The van der Waals surface area contributed by atoms with E-state index in [1.165, 1.54) is 3.57 Å². The van der Waals surface area contributed by atoms with Gasteiger partial charge >= 0.3 is 5.91 Å². The molecule has 0 aliphatic heterocycles. The predicted octanol–water partition coefficient (Wildman–Crippen LogP) is 7.51. The predicted molar refractivity (Wildman–Crippen MR) is 149 cm³/mol. The molecule has 4 aromatic rings. The number of carbonyl (C=O) groups is 1. The zero-order valence-electron chi connectivity index (χ0n) is 16.2. The first kappa shape index (κ1) is 23.7. The number of furan rings is 1. The smallest absolute Gasteiger partial charge is 0.307 e. The van der Waals surface area contributed by atoms with E-state index in [0.29, 0.717) is 12.2 Å². The van der Waals surface area contributed by atoms with Gasteiger partial charge in [-0.15, -0.1) is 0 Å². The number of rotatable bonds is 6. The molecule has 0 radical (unpaired) electrons. The molecule has 0 saturated heterocycles. The average Bonchev–Trinajstić information content (AvgIpc) is 3.18. The molecule has 1 heterocycles. The standard InChI is InChI=1S/C23H14Br2I2N2O3/c24-16-3-6-20-15(9-16)10-21(32-20)23(30)29-28-11-14-7-18(25)22(19(27)8-14)31-12-13-1-4-17(26)5-2-13/h1-11H,12H2,(H,29,30)/b28-11+. The van der Waals surface area contributed by atoms with Crippen molar-refractivity contribution in [3.8, 4) is 5.75 Å². The summed E-state index contributed by atoms with van der Waals surface area (Å²) in [6.45, 7) is 0.475. The molecular weight excluding hydrogens is 766 g/mol. The number of hydrogen-bond donors (Lipinski definition) is 1. The Balaban J connectivity index is 1.41. The van der Waals surface area contributed by atoms with Crippen LogP contribution in [0.25, 0.3) is 11.0 Å². The molecule has 162 valence electrons. The summed E-state index contributed by atoms with van der Waals surface area (Å²) in [5, 5.41) is 4.90. The van der Waals surface area contributed by atoms with Crippen LogP contribution in [-0.4, -0.2) is 12.1 Å². The molecule has 0 fully saturated rings. The third-order valence-electron chi connectivity index (χ3n) is 4.40. The number of amides is 1. The summed E-state index contributed by atoms with van der Waals surface area (Å²) in [5.41, 5.74) is 5.06. The van der Waals surface area contributed by atoms with Gasteiger partial charge < -0.3 is 9.15 Å². The van der Waals surface area contributed by atoms with Crippen LogP contribution in [0.5, 0.6) is 5.75 Å². The Morgan fingerprint density at radius 1 is 1.06 bits per heavy atom. The molecule has 0 atom stereocenters. The summed E-state index contributed by atoms with van der Waals surface area (Å²) in [5.74, 6) is 0.545. The van der Waals surface area contributed by atoms with E-state index in [4.69, 9.17) is 9.15 Å². The minimum absolute atomic E-state index is 0.199. The van der Waals surface area contributed by atoms with Crippen LogP contribution in [0, 0.1) is 7.14 Å². The summed E-state index contributed by atoms with van der Waals surface area (Å²) >= 11 is 11.5. The molecule has 1 N–H and O–H groups in total. The first-order valence-corrected chi connectivity index (χ1v) is 13.0. The van der Waals surface area contributed by atoms with Crippen LogP contribution in [0.3, 0.4) is 0 Å². The van der Waals surface area contributed by atoms with Gasteiger partial charge in [0.1, 0.15) is 17.9 Å². The van der Waals surface area contributed by atoms with Crippen molar-refractivity contribution in [2.24, 2.45) is 5.10 Å². The lowest BCUT2D eigenvalue weighted by Crippen LogP contribution is -2.16. The molecule has 0 bridgehead atoms. The highest BCUT2D eigenvalue weighted by Crippen LogP contribution is 2.32. The monoisotopic (exact) mass is 778 g/mol. The number of hydrazone groups is 1. The van der Waals surface area contributed by atoms with Crippen molar-refractivity contribution >= 4 is 100 Å². The van der Waals surface area contributed by atoms with Crippen LogP contribution >= 0.6 is 77.0 Å². The van der Waals surface area contributed by atoms with Gasteiger partial charge in [0.25, 0.3) is 0 Å². The topological polar surface area (TPSA) is 63.8 Å². The largest absolute Gasteiger partial charge is 0.487 e. The van der Waals surface area contributed by atoms with Crippen molar-refractivity contribution < 1.29 is 13.9 Å². The fraction of sp³-hybridized carbons (Fsp3) is 0.0435. The Kier molecular flexibility index (Phi) is 7.90. The van der Waals surface area contributed by atoms with E-state index in [0.717, 1.165) is 34.8 Å². The lowest BCUT2D eigenvalue weighted by atomic mass is 10.2. The molecule has 1 aromatic heterocycles. The third kappa shape index (κ3) is 5.91. The summed E-state index contributed by atoms with van der Waals surface area (Å²) in [6, 6.07) is 19.3. The first-order valence-electron chi connectivity index (χ1n) is 9.28. The normalized spacial score (nSPS) is 11.2. The van der Waals surface area contributed by atoms with Crippen molar-refractivity contribution in [3.63, 3.8) is 0 Å². The quantitative estimate of drug-likeness (QED) is 0.125. The maximum atomic E-state index is 12.4. The van der Waals surface area contributed by atoms with E-state index in [-0.39, 0.29) is 5.76 Å². The molecule has 0 aliphatic rings. The zero-order valence-corrected chi connectivity index (χ0v) is 23.7. The van der Waals surface area contributed by atoms with Gasteiger partial charge in [0, 0.05) is 13.4 Å². The number of hydrogen-bond acceptors (Lipinski definition) is 4. The summed E-state index contributed by atoms with van der Waals surface area (Å²) in [6.07, 6.45) is 1.58.